The number of fused-ring (bicyclic) bond motifs is 1. The third kappa shape index (κ3) is 2.46. The van der Waals surface area contributed by atoms with Crippen molar-refractivity contribution in [2.45, 2.75) is 32.2 Å². The van der Waals surface area contributed by atoms with E-state index in [0.29, 0.717) is 0 Å². The normalized spacial score (nSPS) is 18.3. The van der Waals surface area contributed by atoms with Crippen LogP contribution in [-0.4, -0.2) is 20.3 Å². The zero-order chi connectivity index (χ0) is 12.4. The average Bonchev–Trinajstić information content (AvgIpc) is 3.22. The Balaban J connectivity index is 1.75. The van der Waals surface area contributed by atoms with E-state index >= 15 is 0 Å². The molecular weight excluding hydrogens is 226 g/mol. The molecule has 1 aromatic carbocycles. The molecule has 3 rings (SSSR count). The van der Waals surface area contributed by atoms with Crippen LogP contribution < -0.4 is 14.8 Å². The van der Waals surface area contributed by atoms with Crippen LogP contribution in [0.3, 0.4) is 0 Å². The Kier molecular flexibility index (Phi) is 3.41. The lowest BCUT2D eigenvalue weighted by Gasteiger charge is -2.22. The van der Waals surface area contributed by atoms with Crippen LogP contribution in [0.2, 0.25) is 0 Å². The first-order valence-electron chi connectivity index (χ1n) is 6.90. The quantitative estimate of drug-likeness (QED) is 0.867. The van der Waals surface area contributed by atoms with Gasteiger partial charge in [0, 0.05) is 12.1 Å². The topological polar surface area (TPSA) is 30.5 Å². The van der Waals surface area contributed by atoms with E-state index in [-0.39, 0.29) is 0 Å². The molecule has 1 N–H and O–H groups in total. The van der Waals surface area contributed by atoms with Gasteiger partial charge in [-0.15, -0.1) is 0 Å². The summed E-state index contributed by atoms with van der Waals surface area (Å²) in [5.41, 5.74) is 2.66. The largest absolute Gasteiger partial charge is 0.493 e. The molecule has 98 valence electrons. The maximum atomic E-state index is 5.90. The van der Waals surface area contributed by atoms with Crippen LogP contribution in [0.4, 0.5) is 0 Å². The molecule has 0 atom stereocenters. The van der Waals surface area contributed by atoms with Gasteiger partial charge in [-0.1, -0.05) is 18.9 Å². The van der Waals surface area contributed by atoms with Crippen LogP contribution in [-0.2, 0) is 13.0 Å². The van der Waals surface area contributed by atoms with Crippen molar-refractivity contribution in [1.82, 2.24) is 5.32 Å². The van der Waals surface area contributed by atoms with Crippen molar-refractivity contribution in [1.29, 1.82) is 0 Å². The molecule has 3 heteroatoms. The molecule has 0 unspecified atom stereocenters. The van der Waals surface area contributed by atoms with Gasteiger partial charge in [0.1, 0.15) is 0 Å². The van der Waals surface area contributed by atoms with E-state index in [1.165, 1.54) is 30.4 Å². The summed E-state index contributed by atoms with van der Waals surface area (Å²) in [5.74, 6) is 2.78. The van der Waals surface area contributed by atoms with E-state index in [1.807, 2.05) is 0 Å². The molecule has 0 aromatic heterocycles. The van der Waals surface area contributed by atoms with E-state index in [1.54, 1.807) is 7.11 Å². The zero-order valence-corrected chi connectivity index (χ0v) is 11.0. The fourth-order valence-corrected chi connectivity index (χ4v) is 2.60. The summed E-state index contributed by atoms with van der Waals surface area (Å²) in [6.07, 6.45) is 4.98. The van der Waals surface area contributed by atoms with Crippen molar-refractivity contribution in [3.63, 3.8) is 0 Å². The molecule has 0 radical (unpaired) electrons. The number of benzene rings is 1. The highest BCUT2D eigenvalue weighted by Crippen LogP contribution is 2.36. The lowest BCUT2D eigenvalue weighted by Crippen LogP contribution is -2.24. The van der Waals surface area contributed by atoms with Crippen LogP contribution >= 0.6 is 0 Å². The zero-order valence-electron chi connectivity index (χ0n) is 11.0. The Labute approximate surface area is 108 Å². The highest BCUT2D eigenvalue weighted by atomic mass is 16.5. The lowest BCUT2D eigenvalue weighted by atomic mass is 9.99. The molecule has 1 aromatic rings. The molecule has 1 saturated carbocycles. The molecule has 1 aliphatic carbocycles. The van der Waals surface area contributed by atoms with Crippen LogP contribution in [0.5, 0.6) is 11.5 Å². The molecule has 2 aliphatic rings. The predicted octanol–water partition coefficient (Wildman–Crippen LogP) is 2.52. The van der Waals surface area contributed by atoms with E-state index in [4.69, 9.17) is 9.47 Å². The van der Waals surface area contributed by atoms with Crippen LogP contribution in [0.1, 0.15) is 30.4 Å². The highest BCUT2D eigenvalue weighted by molar-refractivity contribution is 5.51. The lowest BCUT2D eigenvalue weighted by molar-refractivity contribution is 0.281. The van der Waals surface area contributed by atoms with Crippen molar-refractivity contribution in [2.75, 3.05) is 20.3 Å². The Morgan fingerprint density at radius 2 is 2.22 bits per heavy atom. The Bertz CT molecular complexity index is 427. The average molecular weight is 247 g/mol. The van der Waals surface area contributed by atoms with Crippen LogP contribution in [0.25, 0.3) is 0 Å². The number of hydrogen-bond donors (Lipinski definition) is 1. The van der Waals surface area contributed by atoms with Crippen LogP contribution in [0, 0.1) is 5.92 Å². The van der Waals surface area contributed by atoms with Gasteiger partial charge in [-0.25, -0.2) is 0 Å². The van der Waals surface area contributed by atoms with Gasteiger partial charge in [0.25, 0.3) is 0 Å². The molecule has 18 heavy (non-hydrogen) atoms. The standard InChI is InChI=1S/C15H21NO2/c1-17-15-13-6-8-16-10-12(13)4-5-14(15)18-9-7-11-2-3-11/h4-5,11,16H,2-3,6-10H2,1H3. The van der Waals surface area contributed by atoms with Crippen molar-refractivity contribution in [3.8, 4) is 11.5 Å². The summed E-state index contributed by atoms with van der Waals surface area (Å²) in [6, 6.07) is 4.22. The van der Waals surface area contributed by atoms with Crippen molar-refractivity contribution >= 4 is 0 Å². The first kappa shape index (κ1) is 11.8. The minimum atomic E-state index is 0.818. The van der Waals surface area contributed by atoms with Crippen molar-refractivity contribution in [3.05, 3.63) is 23.3 Å². The van der Waals surface area contributed by atoms with Gasteiger partial charge >= 0.3 is 0 Å². The maximum Gasteiger partial charge on any atom is 0.164 e. The summed E-state index contributed by atoms with van der Waals surface area (Å²) in [7, 11) is 1.74. The number of methoxy groups -OCH3 is 1. The predicted molar refractivity (Wildman–Crippen MR) is 71.2 cm³/mol. The molecular formula is C15H21NO2. The van der Waals surface area contributed by atoms with Gasteiger partial charge in [-0.05, 0) is 36.9 Å². The summed E-state index contributed by atoms with van der Waals surface area (Å²) >= 11 is 0. The van der Waals surface area contributed by atoms with Crippen LogP contribution in [0.15, 0.2) is 12.1 Å². The Morgan fingerprint density at radius 3 is 3.00 bits per heavy atom. The second-order valence-corrected chi connectivity index (χ2v) is 5.24. The SMILES string of the molecule is COc1c(OCCC2CC2)ccc2c1CCNC2. The monoisotopic (exact) mass is 247 g/mol. The highest BCUT2D eigenvalue weighted by Gasteiger charge is 2.22. The van der Waals surface area contributed by atoms with Gasteiger partial charge in [0.05, 0.1) is 13.7 Å². The molecule has 0 spiro atoms. The first-order chi connectivity index (χ1) is 8.88. The molecule has 0 saturated heterocycles. The third-order valence-electron chi connectivity index (χ3n) is 3.87. The van der Waals surface area contributed by atoms with Gasteiger partial charge < -0.3 is 14.8 Å². The van der Waals surface area contributed by atoms with Gasteiger partial charge in [-0.2, -0.15) is 0 Å². The van der Waals surface area contributed by atoms with Crippen molar-refractivity contribution in [2.24, 2.45) is 5.92 Å². The number of rotatable bonds is 5. The van der Waals surface area contributed by atoms with E-state index in [9.17, 15) is 0 Å². The number of nitrogens with one attached hydrogen (secondary N) is 1. The molecule has 1 heterocycles. The molecule has 0 amide bonds. The second kappa shape index (κ2) is 5.19. The Morgan fingerprint density at radius 1 is 1.33 bits per heavy atom. The van der Waals surface area contributed by atoms with E-state index in [2.05, 4.69) is 17.4 Å². The summed E-state index contributed by atoms with van der Waals surface area (Å²) < 4.78 is 11.5. The molecule has 1 aliphatic heterocycles. The minimum Gasteiger partial charge on any atom is -0.493 e. The summed E-state index contributed by atoms with van der Waals surface area (Å²) in [6.45, 7) is 2.78. The summed E-state index contributed by atoms with van der Waals surface area (Å²) in [4.78, 5) is 0. The molecule has 0 bridgehead atoms. The second-order valence-electron chi connectivity index (χ2n) is 5.24. The fourth-order valence-electron chi connectivity index (χ4n) is 2.60. The minimum absolute atomic E-state index is 0.818. The molecule has 3 nitrogen and oxygen atoms in total. The third-order valence-corrected chi connectivity index (χ3v) is 3.87. The van der Waals surface area contributed by atoms with Gasteiger partial charge in [-0.3, -0.25) is 0 Å². The van der Waals surface area contributed by atoms with Gasteiger partial charge in [0.15, 0.2) is 11.5 Å². The fraction of sp³-hybridized carbons (Fsp3) is 0.600. The van der Waals surface area contributed by atoms with Crippen molar-refractivity contribution < 1.29 is 9.47 Å². The smallest absolute Gasteiger partial charge is 0.164 e. The first-order valence-corrected chi connectivity index (χ1v) is 6.90. The van der Waals surface area contributed by atoms with Gasteiger partial charge in [0.2, 0.25) is 0 Å². The maximum absolute atomic E-state index is 5.90. The number of hydrogen-bond acceptors (Lipinski definition) is 3. The molecule has 1 fully saturated rings. The Hall–Kier alpha value is -1.22. The van der Waals surface area contributed by atoms with E-state index < -0.39 is 0 Å². The summed E-state index contributed by atoms with van der Waals surface area (Å²) in [5, 5.41) is 3.38. The number of ether oxygens (including phenoxy) is 2. The van der Waals surface area contributed by atoms with E-state index in [0.717, 1.165) is 43.5 Å².